The van der Waals surface area contributed by atoms with Gasteiger partial charge in [-0.2, -0.15) is 0 Å². The van der Waals surface area contributed by atoms with Gasteiger partial charge in [-0.05, 0) is 17.7 Å². The summed E-state index contributed by atoms with van der Waals surface area (Å²) in [6, 6.07) is 8.07. The summed E-state index contributed by atoms with van der Waals surface area (Å²) >= 11 is 3.43. The lowest BCUT2D eigenvalue weighted by Gasteiger charge is -2.00. The van der Waals surface area contributed by atoms with Gasteiger partial charge in [0.05, 0.1) is 12.2 Å². The summed E-state index contributed by atoms with van der Waals surface area (Å²) < 4.78 is 2.83. The number of nitrogens with zero attached hydrogens (tertiary/aromatic N) is 3. The summed E-state index contributed by atoms with van der Waals surface area (Å²) in [6.07, 6.45) is 2.41. The van der Waals surface area contributed by atoms with Crippen molar-refractivity contribution in [1.29, 1.82) is 0 Å². The van der Waals surface area contributed by atoms with Crippen LogP contribution in [0, 0.1) is 0 Å². The third kappa shape index (κ3) is 2.90. The van der Waals surface area contributed by atoms with E-state index in [4.69, 9.17) is 5.11 Å². The third-order valence-electron chi connectivity index (χ3n) is 2.19. The zero-order valence-electron chi connectivity index (χ0n) is 8.67. The van der Waals surface area contributed by atoms with Crippen LogP contribution in [0.4, 0.5) is 0 Å². The van der Waals surface area contributed by atoms with E-state index in [-0.39, 0.29) is 6.61 Å². The van der Waals surface area contributed by atoms with Gasteiger partial charge in [-0.25, -0.2) is 4.68 Å². The van der Waals surface area contributed by atoms with Crippen LogP contribution in [0.3, 0.4) is 0 Å². The van der Waals surface area contributed by atoms with E-state index in [1.807, 2.05) is 30.5 Å². The molecule has 5 heteroatoms. The Balaban J connectivity index is 2.08. The van der Waals surface area contributed by atoms with E-state index < -0.39 is 0 Å². The molecule has 0 spiro atoms. The highest BCUT2D eigenvalue weighted by Crippen LogP contribution is 2.12. The van der Waals surface area contributed by atoms with Crippen molar-refractivity contribution in [2.45, 2.75) is 13.0 Å². The molecule has 0 aliphatic carbocycles. The van der Waals surface area contributed by atoms with Gasteiger partial charge in [0, 0.05) is 23.7 Å². The fourth-order valence-electron chi connectivity index (χ4n) is 1.47. The highest BCUT2D eigenvalue weighted by molar-refractivity contribution is 9.10. The number of aliphatic hydroxyl groups excluding tert-OH is 1. The molecule has 0 atom stereocenters. The van der Waals surface area contributed by atoms with Gasteiger partial charge in [0.1, 0.15) is 0 Å². The maximum Gasteiger partial charge on any atom is 0.0850 e. The number of aliphatic hydroxyl groups is 1. The number of hydrogen-bond acceptors (Lipinski definition) is 3. The van der Waals surface area contributed by atoms with Gasteiger partial charge in [0.2, 0.25) is 0 Å². The monoisotopic (exact) mass is 281 g/mol. The SMILES string of the molecule is OCCc1cn(Cc2cccc(Br)c2)nn1. The average molecular weight is 282 g/mol. The number of hydrogen-bond donors (Lipinski definition) is 1. The van der Waals surface area contributed by atoms with E-state index in [9.17, 15) is 0 Å². The lowest BCUT2D eigenvalue weighted by Crippen LogP contribution is -2.00. The van der Waals surface area contributed by atoms with Crippen LogP contribution in [0.25, 0.3) is 0 Å². The minimum absolute atomic E-state index is 0.107. The van der Waals surface area contributed by atoms with Crippen molar-refractivity contribution in [2.24, 2.45) is 0 Å². The van der Waals surface area contributed by atoms with Crippen LogP contribution < -0.4 is 0 Å². The van der Waals surface area contributed by atoms with Crippen molar-refractivity contribution < 1.29 is 5.11 Å². The molecule has 0 aliphatic rings. The van der Waals surface area contributed by atoms with Crippen molar-refractivity contribution in [3.05, 3.63) is 46.2 Å². The Bertz CT molecular complexity index is 470. The molecule has 0 amide bonds. The largest absolute Gasteiger partial charge is 0.396 e. The van der Waals surface area contributed by atoms with E-state index >= 15 is 0 Å². The summed E-state index contributed by atoms with van der Waals surface area (Å²) in [7, 11) is 0. The lowest BCUT2D eigenvalue weighted by atomic mass is 10.2. The first-order valence-electron chi connectivity index (χ1n) is 5.02. The Morgan fingerprint density at radius 3 is 3.00 bits per heavy atom. The minimum atomic E-state index is 0.107. The quantitative estimate of drug-likeness (QED) is 0.927. The number of benzene rings is 1. The summed E-state index contributed by atoms with van der Waals surface area (Å²) in [5.41, 5.74) is 1.98. The second kappa shape index (κ2) is 5.23. The van der Waals surface area contributed by atoms with Crippen molar-refractivity contribution in [3.8, 4) is 0 Å². The first-order valence-corrected chi connectivity index (χ1v) is 5.81. The molecular formula is C11H12BrN3O. The van der Waals surface area contributed by atoms with Gasteiger partial charge < -0.3 is 5.11 Å². The topological polar surface area (TPSA) is 50.9 Å². The molecule has 0 bridgehead atoms. The maximum atomic E-state index is 8.77. The number of rotatable bonds is 4. The van der Waals surface area contributed by atoms with Gasteiger partial charge in [-0.15, -0.1) is 5.10 Å². The van der Waals surface area contributed by atoms with E-state index in [1.54, 1.807) is 4.68 Å². The standard InChI is InChI=1S/C11H12BrN3O/c12-10-3-1-2-9(6-10)7-15-8-11(4-5-16)13-14-15/h1-3,6,8,16H,4-5,7H2. The van der Waals surface area contributed by atoms with Crippen molar-refractivity contribution in [1.82, 2.24) is 15.0 Å². The molecule has 0 radical (unpaired) electrons. The summed E-state index contributed by atoms with van der Waals surface area (Å²) in [5.74, 6) is 0. The Morgan fingerprint density at radius 2 is 2.25 bits per heavy atom. The molecule has 1 N–H and O–H groups in total. The van der Waals surface area contributed by atoms with Crippen LogP contribution in [0.2, 0.25) is 0 Å². The summed E-state index contributed by atoms with van der Waals surface area (Å²) in [5, 5.41) is 16.7. The fourth-order valence-corrected chi connectivity index (χ4v) is 1.91. The molecule has 2 rings (SSSR count). The number of halogens is 1. The van der Waals surface area contributed by atoms with Gasteiger partial charge in [0.15, 0.2) is 0 Å². The molecule has 0 saturated carbocycles. The molecule has 2 aromatic rings. The van der Waals surface area contributed by atoms with Crippen LogP contribution in [-0.2, 0) is 13.0 Å². The zero-order valence-corrected chi connectivity index (χ0v) is 10.3. The lowest BCUT2D eigenvalue weighted by molar-refractivity contribution is 0.298. The fraction of sp³-hybridized carbons (Fsp3) is 0.273. The van der Waals surface area contributed by atoms with Crippen molar-refractivity contribution in [2.75, 3.05) is 6.61 Å². The first kappa shape index (κ1) is 11.3. The Labute approximate surface area is 102 Å². The van der Waals surface area contributed by atoms with Crippen molar-refractivity contribution >= 4 is 15.9 Å². The van der Waals surface area contributed by atoms with Crippen molar-refractivity contribution in [3.63, 3.8) is 0 Å². The average Bonchev–Trinajstić information content (AvgIpc) is 2.66. The second-order valence-electron chi connectivity index (χ2n) is 3.51. The first-order chi connectivity index (χ1) is 7.78. The molecule has 1 aromatic heterocycles. The molecule has 0 unspecified atom stereocenters. The summed E-state index contributed by atoms with van der Waals surface area (Å²) in [6.45, 7) is 0.799. The van der Waals surface area contributed by atoms with E-state index in [1.165, 1.54) is 0 Å². The second-order valence-corrected chi connectivity index (χ2v) is 4.43. The zero-order chi connectivity index (χ0) is 11.4. The van der Waals surface area contributed by atoms with E-state index in [0.717, 1.165) is 15.7 Å². The normalized spacial score (nSPS) is 10.6. The van der Waals surface area contributed by atoms with Gasteiger partial charge in [-0.1, -0.05) is 33.3 Å². The Morgan fingerprint density at radius 1 is 1.38 bits per heavy atom. The molecule has 0 fully saturated rings. The van der Waals surface area contributed by atoms with Crippen LogP contribution in [-0.4, -0.2) is 26.7 Å². The van der Waals surface area contributed by atoms with Crippen LogP contribution in [0.5, 0.6) is 0 Å². The molecule has 0 aliphatic heterocycles. The van der Waals surface area contributed by atoms with Crippen LogP contribution >= 0.6 is 15.9 Å². The molecule has 1 aromatic carbocycles. The molecule has 1 heterocycles. The van der Waals surface area contributed by atoms with E-state index in [0.29, 0.717) is 13.0 Å². The van der Waals surface area contributed by atoms with E-state index in [2.05, 4.69) is 26.2 Å². The minimum Gasteiger partial charge on any atom is -0.396 e. The Hall–Kier alpha value is -1.20. The van der Waals surface area contributed by atoms with Gasteiger partial charge in [-0.3, -0.25) is 0 Å². The number of aromatic nitrogens is 3. The molecule has 84 valence electrons. The molecule has 16 heavy (non-hydrogen) atoms. The Kier molecular flexibility index (Phi) is 3.69. The molecule has 0 saturated heterocycles. The highest BCUT2D eigenvalue weighted by atomic mass is 79.9. The third-order valence-corrected chi connectivity index (χ3v) is 2.68. The highest BCUT2D eigenvalue weighted by Gasteiger charge is 2.01. The maximum absolute atomic E-state index is 8.77. The smallest absolute Gasteiger partial charge is 0.0850 e. The van der Waals surface area contributed by atoms with Crippen LogP contribution in [0.15, 0.2) is 34.9 Å². The predicted octanol–water partition coefficient (Wildman–Crippen LogP) is 1.62. The van der Waals surface area contributed by atoms with Gasteiger partial charge >= 0.3 is 0 Å². The molecule has 4 nitrogen and oxygen atoms in total. The van der Waals surface area contributed by atoms with Gasteiger partial charge in [0.25, 0.3) is 0 Å². The molecular weight excluding hydrogens is 270 g/mol. The predicted molar refractivity (Wildman–Crippen MR) is 64.1 cm³/mol. The summed E-state index contributed by atoms with van der Waals surface area (Å²) in [4.78, 5) is 0. The van der Waals surface area contributed by atoms with Crippen LogP contribution in [0.1, 0.15) is 11.3 Å².